The van der Waals surface area contributed by atoms with Gasteiger partial charge in [0.2, 0.25) is 0 Å². The topological polar surface area (TPSA) is 37.8 Å². The zero-order valence-electron chi connectivity index (χ0n) is 11.0. The van der Waals surface area contributed by atoms with E-state index in [4.69, 9.17) is 0 Å². The fourth-order valence-corrected chi connectivity index (χ4v) is 1.66. The van der Waals surface area contributed by atoms with Crippen molar-refractivity contribution in [3.8, 4) is 11.3 Å². The first kappa shape index (κ1) is 13.4. The summed E-state index contributed by atoms with van der Waals surface area (Å²) in [6, 6.07) is 6.90. The molecule has 0 aliphatic heterocycles. The summed E-state index contributed by atoms with van der Waals surface area (Å²) in [7, 11) is 0. The van der Waals surface area contributed by atoms with Crippen molar-refractivity contribution >= 4 is 5.82 Å². The molecule has 0 bridgehead atoms. The summed E-state index contributed by atoms with van der Waals surface area (Å²) in [4.78, 5) is 0. The van der Waals surface area contributed by atoms with Gasteiger partial charge in [-0.05, 0) is 45.0 Å². The Labute approximate surface area is 110 Å². The predicted molar refractivity (Wildman–Crippen MR) is 70.8 cm³/mol. The summed E-state index contributed by atoms with van der Waals surface area (Å²) in [5, 5.41) is 10.9. The van der Waals surface area contributed by atoms with E-state index in [1.807, 2.05) is 20.8 Å². The Morgan fingerprint density at radius 3 is 2.05 bits per heavy atom. The van der Waals surface area contributed by atoms with Crippen molar-refractivity contribution in [2.75, 3.05) is 5.32 Å². The number of halogens is 2. The lowest BCUT2D eigenvalue weighted by Gasteiger charge is -2.20. The lowest BCUT2D eigenvalue weighted by atomic mass is 10.1. The SMILES string of the molecule is CC(C)(C)Nc1ccc(-c2c(F)cccc2F)nn1. The van der Waals surface area contributed by atoms with Gasteiger partial charge in [-0.1, -0.05) is 6.07 Å². The Morgan fingerprint density at radius 1 is 0.947 bits per heavy atom. The van der Waals surface area contributed by atoms with Gasteiger partial charge in [0.15, 0.2) is 0 Å². The Hall–Kier alpha value is -2.04. The molecule has 5 heteroatoms. The first-order valence-electron chi connectivity index (χ1n) is 5.93. The molecule has 0 aliphatic carbocycles. The molecule has 0 radical (unpaired) electrons. The first-order valence-corrected chi connectivity index (χ1v) is 5.93. The number of hydrogen-bond acceptors (Lipinski definition) is 3. The van der Waals surface area contributed by atoms with Crippen molar-refractivity contribution in [3.63, 3.8) is 0 Å². The van der Waals surface area contributed by atoms with E-state index in [1.165, 1.54) is 18.2 Å². The average Bonchev–Trinajstić information content (AvgIpc) is 2.29. The smallest absolute Gasteiger partial charge is 0.149 e. The minimum atomic E-state index is -0.647. The number of hydrogen-bond donors (Lipinski definition) is 1. The van der Waals surface area contributed by atoms with Crippen LogP contribution >= 0.6 is 0 Å². The van der Waals surface area contributed by atoms with Crippen LogP contribution < -0.4 is 5.32 Å². The zero-order valence-corrected chi connectivity index (χ0v) is 11.0. The number of anilines is 1. The van der Waals surface area contributed by atoms with E-state index >= 15 is 0 Å². The van der Waals surface area contributed by atoms with Crippen molar-refractivity contribution in [2.24, 2.45) is 0 Å². The van der Waals surface area contributed by atoms with E-state index in [2.05, 4.69) is 15.5 Å². The maximum absolute atomic E-state index is 13.6. The van der Waals surface area contributed by atoms with Gasteiger partial charge >= 0.3 is 0 Å². The standard InChI is InChI=1S/C14H15F2N3/c1-14(2,3)17-12-8-7-11(18-19-12)13-9(15)5-4-6-10(13)16/h4-8H,1-3H3,(H,17,19). The minimum absolute atomic E-state index is 0.153. The Balaban J connectivity index is 2.33. The molecule has 0 atom stereocenters. The highest BCUT2D eigenvalue weighted by molar-refractivity contribution is 5.61. The van der Waals surface area contributed by atoms with Gasteiger partial charge in [-0.25, -0.2) is 8.78 Å². The maximum Gasteiger partial charge on any atom is 0.149 e. The maximum atomic E-state index is 13.6. The van der Waals surface area contributed by atoms with E-state index in [0.29, 0.717) is 5.82 Å². The lowest BCUT2D eigenvalue weighted by molar-refractivity contribution is 0.588. The molecule has 1 aromatic heterocycles. The second-order valence-electron chi connectivity index (χ2n) is 5.28. The molecule has 0 unspecified atom stereocenters. The van der Waals surface area contributed by atoms with E-state index in [9.17, 15) is 8.78 Å². The van der Waals surface area contributed by atoms with Gasteiger partial charge in [0.25, 0.3) is 0 Å². The lowest BCUT2D eigenvalue weighted by Crippen LogP contribution is -2.26. The molecule has 0 spiro atoms. The van der Waals surface area contributed by atoms with Gasteiger partial charge in [0, 0.05) is 5.54 Å². The second-order valence-corrected chi connectivity index (χ2v) is 5.28. The van der Waals surface area contributed by atoms with Crippen LogP contribution in [-0.2, 0) is 0 Å². The van der Waals surface area contributed by atoms with E-state index in [1.54, 1.807) is 12.1 Å². The Bertz CT molecular complexity index is 554. The molecule has 3 nitrogen and oxygen atoms in total. The van der Waals surface area contributed by atoms with E-state index in [0.717, 1.165) is 0 Å². The summed E-state index contributed by atoms with van der Waals surface area (Å²) in [6.45, 7) is 5.96. The monoisotopic (exact) mass is 263 g/mol. The molecule has 0 saturated heterocycles. The number of aromatic nitrogens is 2. The molecule has 0 fully saturated rings. The van der Waals surface area contributed by atoms with Crippen LogP contribution in [-0.4, -0.2) is 15.7 Å². The molecule has 2 rings (SSSR count). The molecule has 0 saturated carbocycles. The second kappa shape index (κ2) is 4.91. The van der Waals surface area contributed by atoms with Gasteiger partial charge in [-0.3, -0.25) is 0 Å². The van der Waals surface area contributed by atoms with Crippen LogP contribution in [0.4, 0.5) is 14.6 Å². The normalized spacial score (nSPS) is 11.4. The van der Waals surface area contributed by atoms with Gasteiger partial charge in [-0.15, -0.1) is 10.2 Å². The van der Waals surface area contributed by atoms with Crippen molar-refractivity contribution in [1.29, 1.82) is 0 Å². The molecule has 0 amide bonds. The third-order valence-electron chi connectivity index (χ3n) is 2.39. The highest BCUT2D eigenvalue weighted by atomic mass is 19.1. The molecular weight excluding hydrogens is 248 g/mol. The molecule has 100 valence electrons. The van der Waals surface area contributed by atoms with Crippen molar-refractivity contribution in [3.05, 3.63) is 42.0 Å². The number of rotatable bonds is 2. The third kappa shape index (κ3) is 3.24. The van der Waals surface area contributed by atoms with Crippen LogP contribution in [0.1, 0.15) is 20.8 Å². The fraction of sp³-hybridized carbons (Fsp3) is 0.286. The van der Waals surface area contributed by atoms with Crippen molar-refractivity contribution in [2.45, 2.75) is 26.3 Å². The van der Waals surface area contributed by atoms with E-state index in [-0.39, 0.29) is 16.8 Å². The van der Waals surface area contributed by atoms with Gasteiger partial charge < -0.3 is 5.32 Å². The van der Waals surface area contributed by atoms with Crippen LogP contribution in [0.25, 0.3) is 11.3 Å². The molecule has 1 heterocycles. The van der Waals surface area contributed by atoms with Gasteiger partial charge in [0.05, 0.1) is 11.3 Å². The van der Waals surface area contributed by atoms with E-state index < -0.39 is 11.6 Å². The quantitative estimate of drug-likeness (QED) is 0.899. The Kier molecular flexibility index (Phi) is 3.46. The van der Waals surface area contributed by atoms with Crippen LogP contribution in [0.2, 0.25) is 0 Å². The number of nitrogens with one attached hydrogen (secondary N) is 1. The largest absolute Gasteiger partial charge is 0.364 e. The molecular formula is C14H15F2N3. The summed E-state index contributed by atoms with van der Waals surface area (Å²) in [6.07, 6.45) is 0. The summed E-state index contributed by atoms with van der Waals surface area (Å²) in [5.41, 5.74) is -0.133. The summed E-state index contributed by atoms with van der Waals surface area (Å²) < 4.78 is 27.2. The molecule has 0 aliphatic rings. The highest BCUT2D eigenvalue weighted by Gasteiger charge is 2.14. The highest BCUT2D eigenvalue weighted by Crippen LogP contribution is 2.24. The zero-order chi connectivity index (χ0) is 14.0. The summed E-state index contributed by atoms with van der Waals surface area (Å²) >= 11 is 0. The van der Waals surface area contributed by atoms with Gasteiger partial charge in [-0.2, -0.15) is 0 Å². The number of nitrogens with zero attached hydrogens (tertiary/aromatic N) is 2. The molecule has 2 aromatic rings. The number of benzene rings is 1. The first-order chi connectivity index (χ1) is 8.87. The van der Waals surface area contributed by atoms with Crippen molar-refractivity contribution in [1.82, 2.24) is 10.2 Å². The average molecular weight is 263 g/mol. The third-order valence-corrected chi connectivity index (χ3v) is 2.39. The van der Waals surface area contributed by atoms with Crippen molar-refractivity contribution < 1.29 is 8.78 Å². The predicted octanol–water partition coefficient (Wildman–Crippen LogP) is 3.63. The molecule has 19 heavy (non-hydrogen) atoms. The van der Waals surface area contributed by atoms with Crippen LogP contribution in [0.3, 0.4) is 0 Å². The minimum Gasteiger partial charge on any atom is -0.364 e. The molecule has 1 N–H and O–H groups in total. The molecule has 1 aromatic carbocycles. The summed E-state index contributed by atoms with van der Waals surface area (Å²) in [5.74, 6) is -0.732. The van der Waals surface area contributed by atoms with Crippen LogP contribution in [0.15, 0.2) is 30.3 Å². The fourth-order valence-electron chi connectivity index (χ4n) is 1.66. The van der Waals surface area contributed by atoms with Crippen LogP contribution in [0.5, 0.6) is 0 Å². The van der Waals surface area contributed by atoms with Gasteiger partial charge in [0.1, 0.15) is 17.5 Å². The Morgan fingerprint density at radius 2 is 1.58 bits per heavy atom. The van der Waals surface area contributed by atoms with Crippen LogP contribution in [0, 0.1) is 11.6 Å².